The van der Waals surface area contributed by atoms with Crippen molar-refractivity contribution >= 4 is 5.97 Å². The molecule has 0 bridgehead atoms. The normalized spacial score (nSPS) is 13.9. The van der Waals surface area contributed by atoms with Crippen molar-refractivity contribution in [2.75, 3.05) is 19.8 Å². The Bertz CT molecular complexity index is 196. The van der Waals surface area contributed by atoms with E-state index < -0.39 is 24.8 Å². The Hall–Kier alpha value is -0.820. The second-order valence-electron chi connectivity index (χ2n) is 3.04. The number of rotatable bonds is 7. The third-order valence-electron chi connectivity index (χ3n) is 1.55. The number of carboxylic acid groups (broad SMARTS) is 1. The van der Waals surface area contributed by atoms with Crippen LogP contribution in [0.3, 0.4) is 0 Å². The highest BCUT2D eigenvalue weighted by Crippen LogP contribution is 2.14. The minimum atomic E-state index is -4.30. The summed E-state index contributed by atoms with van der Waals surface area (Å²) < 4.78 is 39.1. The molecule has 0 saturated heterocycles. The van der Waals surface area contributed by atoms with E-state index in [0.717, 1.165) is 0 Å². The molecule has 4 nitrogen and oxygen atoms in total. The zero-order chi connectivity index (χ0) is 11.9. The fourth-order valence-corrected chi connectivity index (χ4v) is 0.768. The number of alkyl halides is 3. The van der Waals surface area contributed by atoms with E-state index in [-0.39, 0.29) is 6.61 Å². The standard InChI is InChI=1S/C8H14F3NO3/c1-6(7(13)14)12-3-2-4-15-5-8(9,10)11/h6,12H,2-5H2,1H3,(H,13,14). The van der Waals surface area contributed by atoms with Crippen LogP contribution in [0.4, 0.5) is 13.2 Å². The van der Waals surface area contributed by atoms with Crippen LogP contribution in [0.15, 0.2) is 0 Å². The van der Waals surface area contributed by atoms with Crippen LogP contribution in [-0.2, 0) is 9.53 Å². The van der Waals surface area contributed by atoms with Gasteiger partial charge in [-0.25, -0.2) is 0 Å². The van der Waals surface area contributed by atoms with E-state index in [1.807, 2.05) is 0 Å². The molecule has 0 spiro atoms. The zero-order valence-corrected chi connectivity index (χ0v) is 8.30. The molecule has 1 atom stereocenters. The molecule has 0 aromatic carbocycles. The summed E-state index contributed by atoms with van der Waals surface area (Å²) in [6, 6.07) is -0.701. The van der Waals surface area contributed by atoms with Crippen LogP contribution in [0.5, 0.6) is 0 Å². The van der Waals surface area contributed by atoms with Crippen molar-refractivity contribution in [1.82, 2.24) is 5.32 Å². The monoisotopic (exact) mass is 229 g/mol. The van der Waals surface area contributed by atoms with E-state index >= 15 is 0 Å². The lowest BCUT2D eigenvalue weighted by atomic mass is 10.3. The molecule has 0 aromatic heterocycles. The van der Waals surface area contributed by atoms with Gasteiger partial charge in [0, 0.05) is 6.61 Å². The SMILES string of the molecule is CC(NCCCOCC(F)(F)F)C(=O)O. The third-order valence-corrected chi connectivity index (χ3v) is 1.55. The number of halogens is 3. The molecule has 0 aliphatic heterocycles. The van der Waals surface area contributed by atoms with E-state index in [0.29, 0.717) is 13.0 Å². The fourth-order valence-electron chi connectivity index (χ4n) is 0.768. The first kappa shape index (κ1) is 14.2. The highest BCUT2D eigenvalue weighted by Gasteiger charge is 2.27. The van der Waals surface area contributed by atoms with E-state index in [9.17, 15) is 18.0 Å². The summed E-state index contributed by atoms with van der Waals surface area (Å²) in [6.07, 6.45) is -3.96. The third kappa shape index (κ3) is 9.48. The number of nitrogens with one attached hydrogen (secondary N) is 1. The number of aliphatic carboxylic acids is 1. The topological polar surface area (TPSA) is 58.6 Å². The van der Waals surface area contributed by atoms with Crippen molar-refractivity contribution in [2.24, 2.45) is 0 Å². The van der Waals surface area contributed by atoms with Gasteiger partial charge in [-0.15, -0.1) is 0 Å². The fraction of sp³-hybridized carbons (Fsp3) is 0.875. The maximum Gasteiger partial charge on any atom is 0.411 e. The number of hydrogen-bond donors (Lipinski definition) is 2. The van der Waals surface area contributed by atoms with E-state index in [4.69, 9.17) is 5.11 Å². The average molecular weight is 229 g/mol. The Morgan fingerprint density at radius 1 is 1.53 bits per heavy atom. The van der Waals surface area contributed by atoms with Crippen molar-refractivity contribution in [1.29, 1.82) is 0 Å². The second kappa shape index (κ2) is 6.62. The van der Waals surface area contributed by atoms with Crippen LogP contribution in [-0.4, -0.2) is 43.1 Å². The Labute approximate surface area is 85.4 Å². The van der Waals surface area contributed by atoms with Gasteiger partial charge in [-0.1, -0.05) is 0 Å². The van der Waals surface area contributed by atoms with Crippen LogP contribution >= 0.6 is 0 Å². The summed E-state index contributed by atoms with van der Waals surface area (Å²) in [5, 5.41) is 11.1. The second-order valence-corrected chi connectivity index (χ2v) is 3.04. The first-order valence-electron chi connectivity index (χ1n) is 4.43. The van der Waals surface area contributed by atoms with Gasteiger partial charge in [0.05, 0.1) is 0 Å². The minimum absolute atomic E-state index is 0.0428. The van der Waals surface area contributed by atoms with Crippen molar-refractivity contribution in [3.05, 3.63) is 0 Å². The van der Waals surface area contributed by atoms with E-state index in [2.05, 4.69) is 10.1 Å². The van der Waals surface area contributed by atoms with E-state index in [1.54, 1.807) is 0 Å². The van der Waals surface area contributed by atoms with Crippen molar-refractivity contribution in [3.63, 3.8) is 0 Å². The van der Waals surface area contributed by atoms with Crippen molar-refractivity contribution < 1.29 is 27.8 Å². The molecule has 0 aliphatic carbocycles. The number of ether oxygens (including phenoxy) is 1. The Balaban J connectivity index is 3.29. The van der Waals surface area contributed by atoms with Crippen molar-refractivity contribution in [3.8, 4) is 0 Å². The smallest absolute Gasteiger partial charge is 0.411 e. The highest BCUT2D eigenvalue weighted by molar-refractivity contribution is 5.72. The Morgan fingerprint density at radius 3 is 2.60 bits per heavy atom. The largest absolute Gasteiger partial charge is 0.480 e. The summed E-state index contributed by atoms with van der Waals surface area (Å²) in [4.78, 5) is 10.3. The number of hydrogen-bond acceptors (Lipinski definition) is 3. The molecule has 1 unspecified atom stereocenters. The van der Waals surface area contributed by atoms with Gasteiger partial charge in [0.1, 0.15) is 12.6 Å². The first-order valence-corrected chi connectivity index (χ1v) is 4.43. The maximum atomic E-state index is 11.6. The van der Waals surface area contributed by atoms with Gasteiger partial charge in [-0.3, -0.25) is 4.79 Å². The predicted octanol–water partition coefficient (Wildman–Crippen LogP) is 1.02. The first-order chi connectivity index (χ1) is 6.83. The molecule has 0 heterocycles. The molecule has 15 heavy (non-hydrogen) atoms. The number of carboxylic acids is 1. The Kier molecular flexibility index (Phi) is 6.26. The average Bonchev–Trinajstić information content (AvgIpc) is 2.08. The Morgan fingerprint density at radius 2 is 2.13 bits per heavy atom. The number of carbonyl (C=O) groups is 1. The van der Waals surface area contributed by atoms with Gasteiger partial charge in [0.25, 0.3) is 0 Å². The molecule has 90 valence electrons. The molecule has 2 N–H and O–H groups in total. The molecule has 0 amide bonds. The summed E-state index contributed by atoms with van der Waals surface area (Å²) in [7, 11) is 0. The van der Waals surface area contributed by atoms with Crippen LogP contribution in [0.25, 0.3) is 0 Å². The summed E-state index contributed by atoms with van der Waals surface area (Å²) in [6.45, 7) is 0.463. The molecular formula is C8H14F3NO3. The molecule has 0 rings (SSSR count). The highest BCUT2D eigenvalue weighted by atomic mass is 19.4. The molecular weight excluding hydrogens is 215 g/mol. The lowest BCUT2D eigenvalue weighted by molar-refractivity contribution is -0.173. The summed E-state index contributed by atoms with van der Waals surface area (Å²) in [5.41, 5.74) is 0. The zero-order valence-electron chi connectivity index (χ0n) is 8.30. The molecule has 0 aliphatic rings. The summed E-state index contributed by atoms with van der Waals surface area (Å²) in [5.74, 6) is -0.994. The maximum absolute atomic E-state index is 11.6. The van der Waals surface area contributed by atoms with Gasteiger partial charge in [-0.05, 0) is 19.9 Å². The lowest BCUT2D eigenvalue weighted by Crippen LogP contribution is -2.34. The molecule has 0 radical (unpaired) electrons. The van der Waals surface area contributed by atoms with Gasteiger partial charge < -0.3 is 15.2 Å². The van der Waals surface area contributed by atoms with Gasteiger partial charge in [0.15, 0.2) is 0 Å². The van der Waals surface area contributed by atoms with Gasteiger partial charge in [-0.2, -0.15) is 13.2 Å². The molecule has 7 heteroatoms. The molecule has 0 saturated carbocycles. The predicted molar refractivity (Wildman–Crippen MR) is 46.6 cm³/mol. The van der Waals surface area contributed by atoms with Gasteiger partial charge in [0.2, 0.25) is 0 Å². The van der Waals surface area contributed by atoms with Crippen molar-refractivity contribution in [2.45, 2.75) is 25.6 Å². The lowest BCUT2D eigenvalue weighted by Gasteiger charge is -2.10. The van der Waals surface area contributed by atoms with Gasteiger partial charge >= 0.3 is 12.1 Å². The molecule has 0 aromatic rings. The van der Waals surface area contributed by atoms with Crippen LogP contribution in [0, 0.1) is 0 Å². The van der Waals surface area contributed by atoms with Crippen LogP contribution in [0.2, 0.25) is 0 Å². The minimum Gasteiger partial charge on any atom is -0.480 e. The van der Waals surface area contributed by atoms with Crippen LogP contribution in [0.1, 0.15) is 13.3 Å². The summed E-state index contributed by atoms with van der Waals surface area (Å²) >= 11 is 0. The quantitative estimate of drug-likeness (QED) is 0.640. The molecule has 0 fully saturated rings. The van der Waals surface area contributed by atoms with E-state index in [1.165, 1.54) is 6.92 Å². The van der Waals surface area contributed by atoms with Crippen LogP contribution < -0.4 is 5.32 Å².